The van der Waals surface area contributed by atoms with E-state index >= 15 is 0 Å². The van der Waals surface area contributed by atoms with Crippen LogP contribution in [0.4, 0.5) is 13.2 Å². The SMILES string of the molecule is FC(F)(F)C1C2NCCOC21. The van der Waals surface area contributed by atoms with Crippen molar-refractivity contribution >= 4 is 0 Å². The molecule has 1 saturated carbocycles. The smallest absolute Gasteiger partial charge is 0.375 e. The maximum Gasteiger partial charge on any atom is 0.395 e. The van der Waals surface area contributed by atoms with Crippen LogP contribution in [0.3, 0.4) is 0 Å². The molecule has 0 aromatic carbocycles. The van der Waals surface area contributed by atoms with Gasteiger partial charge in [0.2, 0.25) is 0 Å². The molecule has 2 rings (SSSR count). The second kappa shape index (κ2) is 2.10. The van der Waals surface area contributed by atoms with Crippen LogP contribution >= 0.6 is 0 Å². The van der Waals surface area contributed by atoms with Gasteiger partial charge in [-0.1, -0.05) is 0 Å². The minimum atomic E-state index is -4.09. The number of hydrogen-bond donors (Lipinski definition) is 1. The molecule has 11 heavy (non-hydrogen) atoms. The van der Waals surface area contributed by atoms with Crippen LogP contribution in [0.1, 0.15) is 0 Å². The van der Waals surface area contributed by atoms with E-state index in [9.17, 15) is 13.2 Å². The number of ether oxygens (including phenoxy) is 1. The van der Waals surface area contributed by atoms with Crippen molar-refractivity contribution in [1.82, 2.24) is 5.32 Å². The summed E-state index contributed by atoms with van der Waals surface area (Å²) < 4.78 is 41.0. The third kappa shape index (κ3) is 1.12. The first kappa shape index (κ1) is 7.36. The molecule has 0 aromatic rings. The lowest BCUT2D eigenvalue weighted by molar-refractivity contribution is -0.156. The Morgan fingerprint density at radius 2 is 2.09 bits per heavy atom. The standard InChI is InChI=1S/C6H8F3NO/c7-6(8,9)3-4-5(3)11-2-1-10-4/h3-5,10H,1-2H2. The van der Waals surface area contributed by atoms with Gasteiger partial charge in [0.15, 0.2) is 0 Å². The molecule has 2 nitrogen and oxygen atoms in total. The molecule has 3 unspecified atom stereocenters. The third-order valence-electron chi connectivity index (χ3n) is 2.12. The maximum atomic E-state index is 12.0. The van der Waals surface area contributed by atoms with Gasteiger partial charge >= 0.3 is 6.18 Å². The van der Waals surface area contributed by atoms with Gasteiger partial charge in [-0.15, -0.1) is 0 Å². The Kier molecular flexibility index (Phi) is 1.41. The number of alkyl halides is 3. The van der Waals surface area contributed by atoms with Gasteiger partial charge in [0.1, 0.15) is 5.92 Å². The van der Waals surface area contributed by atoms with Crippen molar-refractivity contribution in [3.05, 3.63) is 0 Å². The van der Waals surface area contributed by atoms with Crippen molar-refractivity contribution in [3.8, 4) is 0 Å². The van der Waals surface area contributed by atoms with Crippen molar-refractivity contribution in [3.63, 3.8) is 0 Å². The first-order valence-corrected chi connectivity index (χ1v) is 3.52. The molecule has 1 heterocycles. The Labute approximate surface area is 61.7 Å². The first-order valence-electron chi connectivity index (χ1n) is 3.52. The topological polar surface area (TPSA) is 21.3 Å². The highest BCUT2D eigenvalue weighted by Gasteiger charge is 2.66. The Morgan fingerprint density at radius 1 is 1.36 bits per heavy atom. The molecule has 1 N–H and O–H groups in total. The van der Waals surface area contributed by atoms with Crippen LogP contribution in [-0.2, 0) is 4.74 Å². The van der Waals surface area contributed by atoms with E-state index in [2.05, 4.69) is 5.32 Å². The number of halogens is 3. The quantitative estimate of drug-likeness (QED) is 0.568. The predicted molar refractivity (Wildman–Crippen MR) is 31.1 cm³/mol. The van der Waals surface area contributed by atoms with Gasteiger partial charge in [-0.05, 0) is 0 Å². The summed E-state index contributed by atoms with van der Waals surface area (Å²) in [6, 6.07) is -0.469. The number of morpholine rings is 1. The van der Waals surface area contributed by atoms with Crippen molar-refractivity contribution in [2.24, 2.45) is 5.92 Å². The zero-order valence-corrected chi connectivity index (χ0v) is 5.69. The molecule has 0 radical (unpaired) electrons. The summed E-state index contributed by atoms with van der Waals surface area (Å²) >= 11 is 0. The van der Waals surface area contributed by atoms with E-state index in [0.29, 0.717) is 13.2 Å². The number of rotatable bonds is 0. The summed E-state index contributed by atoms with van der Waals surface area (Å²) in [5, 5.41) is 2.77. The van der Waals surface area contributed by atoms with E-state index in [1.807, 2.05) is 0 Å². The summed E-state index contributed by atoms with van der Waals surface area (Å²) in [6.45, 7) is 0.932. The lowest BCUT2D eigenvalue weighted by atomic mass is 10.4. The lowest BCUT2D eigenvalue weighted by Gasteiger charge is -2.09. The molecule has 2 fully saturated rings. The van der Waals surface area contributed by atoms with Crippen molar-refractivity contribution in [1.29, 1.82) is 0 Å². The summed E-state index contributed by atoms with van der Waals surface area (Å²) in [6.07, 6.45) is -4.70. The minimum Gasteiger partial charge on any atom is -0.375 e. The molecule has 3 atom stereocenters. The number of hydrogen-bond acceptors (Lipinski definition) is 2. The van der Waals surface area contributed by atoms with Crippen LogP contribution in [-0.4, -0.2) is 31.5 Å². The highest BCUT2D eigenvalue weighted by molar-refractivity contribution is 5.10. The van der Waals surface area contributed by atoms with Crippen LogP contribution in [0.2, 0.25) is 0 Å². The van der Waals surface area contributed by atoms with Crippen molar-refractivity contribution in [2.75, 3.05) is 13.2 Å². The second-order valence-corrected chi connectivity index (χ2v) is 2.88. The molecule has 0 spiro atoms. The van der Waals surface area contributed by atoms with Crippen LogP contribution in [0.5, 0.6) is 0 Å². The summed E-state index contributed by atoms with van der Waals surface area (Å²) in [7, 11) is 0. The zero-order chi connectivity index (χ0) is 8.06. The van der Waals surface area contributed by atoms with E-state index in [0.717, 1.165) is 0 Å². The number of nitrogens with one attached hydrogen (secondary N) is 1. The molecule has 0 aromatic heterocycles. The summed E-state index contributed by atoms with van der Waals surface area (Å²) in [5.41, 5.74) is 0. The van der Waals surface area contributed by atoms with E-state index in [-0.39, 0.29) is 0 Å². The average molecular weight is 167 g/mol. The lowest BCUT2D eigenvalue weighted by Crippen LogP contribution is -2.31. The van der Waals surface area contributed by atoms with Gasteiger partial charge in [0, 0.05) is 12.6 Å². The van der Waals surface area contributed by atoms with Crippen LogP contribution < -0.4 is 5.32 Å². The largest absolute Gasteiger partial charge is 0.395 e. The summed E-state index contributed by atoms with van der Waals surface area (Å²) in [4.78, 5) is 0. The highest BCUT2D eigenvalue weighted by Crippen LogP contribution is 2.47. The average Bonchev–Trinajstić information content (AvgIpc) is 2.58. The Hall–Kier alpha value is -0.290. The zero-order valence-electron chi connectivity index (χ0n) is 5.69. The fraction of sp³-hybridized carbons (Fsp3) is 1.00. The molecular formula is C6H8F3NO. The minimum absolute atomic E-state index is 0.397. The van der Waals surface area contributed by atoms with Gasteiger partial charge < -0.3 is 10.1 Å². The van der Waals surface area contributed by atoms with Crippen molar-refractivity contribution in [2.45, 2.75) is 18.3 Å². The van der Waals surface area contributed by atoms with E-state index in [1.165, 1.54) is 0 Å². The Bertz CT molecular complexity index is 158. The van der Waals surface area contributed by atoms with Gasteiger partial charge in [-0.25, -0.2) is 0 Å². The summed E-state index contributed by atoms with van der Waals surface area (Å²) in [5.74, 6) is -1.26. The fourth-order valence-electron chi connectivity index (χ4n) is 1.54. The van der Waals surface area contributed by atoms with Gasteiger partial charge in [-0.3, -0.25) is 0 Å². The third-order valence-corrected chi connectivity index (χ3v) is 2.12. The molecule has 2 aliphatic rings. The van der Waals surface area contributed by atoms with E-state index in [1.54, 1.807) is 0 Å². The normalized spacial score (nSPS) is 43.4. The predicted octanol–water partition coefficient (Wildman–Crippen LogP) is 0.535. The van der Waals surface area contributed by atoms with Gasteiger partial charge in [0.25, 0.3) is 0 Å². The Morgan fingerprint density at radius 3 is 2.55 bits per heavy atom. The highest BCUT2D eigenvalue weighted by atomic mass is 19.4. The molecule has 5 heteroatoms. The molecular weight excluding hydrogens is 159 g/mol. The first-order chi connectivity index (χ1) is 5.11. The Balaban J connectivity index is 2.00. The maximum absolute atomic E-state index is 12.0. The van der Waals surface area contributed by atoms with Gasteiger partial charge in [-0.2, -0.15) is 13.2 Å². The molecule has 0 amide bonds. The second-order valence-electron chi connectivity index (χ2n) is 2.88. The van der Waals surface area contributed by atoms with Crippen molar-refractivity contribution < 1.29 is 17.9 Å². The molecule has 64 valence electrons. The molecule has 0 bridgehead atoms. The number of fused-ring (bicyclic) bond motifs is 1. The van der Waals surface area contributed by atoms with Crippen LogP contribution in [0.25, 0.3) is 0 Å². The fourth-order valence-corrected chi connectivity index (χ4v) is 1.54. The van der Waals surface area contributed by atoms with Gasteiger partial charge in [0.05, 0.1) is 12.7 Å². The van der Waals surface area contributed by atoms with Crippen LogP contribution in [0, 0.1) is 5.92 Å². The molecule has 1 aliphatic carbocycles. The van der Waals surface area contributed by atoms with E-state index < -0.39 is 24.2 Å². The monoisotopic (exact) mass is 167 g/mol. The van der Waals surface area contributed by atoms with E-state index in [4.69, 9.17) is 4.74 Å². The molecule has 1 aliphatic heterocycles. The van der Waals surface area contributed by atoms with Crippen LogP contribution in [0.15, 0.2) is 0 Å². The molecule has 1 saturated heterocycles.